The Morgan fingerprint density at radius 2 is 2.16 bits per heavy atom. The number of thioether (sulfide) groups is 1. The van der Waals surface area contributed by atoms with Gasteiger partial charge in [-0.25, -0.2) is 9.59 Å². The first-order valence-corrected chi connectivity index (χ1v) is 7.46. The van der Waals surface area contributed by atoms with E-state index in [0.717, 1.165) is 24.2 Å². The van der Waals surface area contributed by atoms with E-state index in [1.807, 2.05) is 0 Å². The fourth-order valence-electron chi connectivity index (χ4n) is 1.27. The largest absolute Gasteiger partial charge is 0.477 e. The summed E-state index contributed by atoms with van der Waals surface area (Å²) in [5, 5.41) is 15.3. The fraction of sp³-hybridized carbons (Fsp3) is 0.364. The van der Waals surface area contributed by atoms with Gasteiger partial charge in [-0.05, 0) is 18.9 Å². The van der Waals surface area contributed by atoms with Crippen LogP contribution < -0.4 is 10.6 Å². The third-order valence-electron chi connectivity index (χ3n) is 2.32. The summed E-state index contributed by atoms with van der Waals surface area (Å²) in [7, 11) is 0. The van der Waals surface area contributed by atoms with Crippen LogP contribution >= 0.6 is 23.1 Å². The summed E-state index contributed by atoms with van der Waals surface area (Å²) in [6, 6.07) is 1.25. The summed E-state index contributed by atoms with van der Waals surface area (Å²) in [5.41, 5.74) is 0. The van der Waals surface area contributed by atoms with E-state index in [1.54, 1.807) is 5.38 Å². The number of aromatic carboxylic acids is 1. The molecular weight excluding hydrogens is 288 g/mol. The number of hydrogen-bond donors (Lipinski definition) is 3. The van der Waals surface area contributed by atoms with E-state index in [1.165, 1.54) is 17.8 Å². The summed E-state index contributed by atoms with van der Waals surface area (Å²) in [6.07, 6.45) is 1.92. The Balaban J connectivity index is 1.72. The maximum atomic E-state index is 11.5. The normalized spacial score (nSPS) is 13.9. The van der Waals surface area contributed by atoms with Crippen molar-refractivity contribution in [1.29, 1.82) is 0 Å². The Bertz CT molecular complexity index is 511. The van der Waals surface area contributed by atoms with Gasteiger partial charge in [0, 0.05) is 16.3 Å². The van der Waals surface area contributed by atoms with Crippen molar-refractivity contribution in [2.24, 2.45) is 0 Å². The zero-order valence-corrected chi connectivity index (χ0v) is 11.5. The van der Waals surface area contributed by atoms with Crippen LogP contribution in [0.3, 0.4) is 0 Å². The highest BCUT2D eigenvalue weighted by atomic mass is 32.2. The van der Waals surface area contributed by atoms with Gasteiger partial charge in [0.25, 0.3) is 0 Å². The van der Waals surface area contributed by atoms with Crippen LogP contribution in [-0.4, -0.2) is 34.8 Å². The van der Waals surface area contributed by atoms with Crippen molar-refractivity contribution in [1.82, 2.24) is 10.6 Å². The van der Waals surface area contributed by atoms with Crippen molar-refractivity contribution in [2.75, 3.05) is 5.75 Å². The molecule has 1 fully saturated rings. The Labute approximate surface area is 117 Å². The molecule has 0 radical (unpaired) electrons. The second-order valence-corrected chi connectivity index (χ2v) is 6.00. The Morgan fingerprint density at radius 1 is 1.42 bits per heavy atom. The molecule has 0 unspecified atom stereocenters. The van der Waals surface area contributed by atoms with Crippen molar-refractivity contribution < 1.29 is 19.5 Å². The average Bonchev–Trinajstić information content (AvgIpc) is 3.01. The van der Waals surface area contributed by atoms with Gasteiger partial charge in [0.05, 0.1) is 5.75 Å². The lowest BCUT2D eigenvalue weighted by Crippen LogP contribution is -2.41. The van der Waals surface area contributed by atoms with E-state index in [2.05, 4.69) is 10.6 Å². The van der Waals surface area contributed by atoms with Gasteiger partial charge in [-0.2, -0.15) is 0 Å². The zero-order valence-electron chi connectivity index (χ0n) is 9.84. The maximum absolute atomic E-state index is 11.5. The number of urea groups is 1. The highest BCUT2D eigenvalue weighted by Gasteiger charge is 2.23. The van der Waals surface area contributed by atoms with Crippen molar-refractivity contribution in [3.8, 4) is 0 Å². The maximum Gasteiger partial charge on any atom is 0.345 e. The lowest BCUT2D eigenvalue weighted by Gasteiger charge is -2.04. The summed E-state index contributed by atoms with van der Waals surface area (Å²) in [4.78, 5) is 34.4. The van der Waals surface area contributed by atoms with Gasteiger partial charge < -0.3 is 10.4 Å². The molecule has 1 aliphatic rings. The number of rotatable bonds is 5. The third kappa shape index (κ3) is 4.56. The molecule has 0 aromatic carbocycles. The molecule has 1 aliphatic carbocycles. The molecule has 1 saturated carbocycles. The van der Waals surface area contributed by atoms with Gasteiger partial charge in [-0.1, -0.05) is 0 Å². The quantitative estimate of drug-likeness (QED) is 0.717. The van der Waals surface area contributed by atoms with E-state index in [9.17, 15) is 14.4 Å². The first kappa shape index (κ1) is 13.9. The first-order chi connectivity index (χ1) is 9.04. The predicted molar refractivity (Wildman–Crippen MR) is 71.7 cm³/mol. The SMILES string of the molecule is O=C(CSc1csc(C(=O)O)c1)NC(=O)NC1CC1. The minimum absolute atomic E-state index is 0.0773. The topological polar surface area (TPSA) is 95.5 Å². The van der Waals surface area contributed by atoms with Crippen LogP contribution in [0.4, 0.5) is 4.79 Å². The summed E-state index contributed by atoms with van der Waals surface area (Å²) < 4.78 is 0. The first-order valence-electron chi connectivity index (χ1n) is 5.59. The van der Waals surface area contributed by atoms with Crippen LogP contribution in [0.15, 0.2) is 16.3 Å². The van der Waals surface area contributed by atoms with E-state index in [-0.39, 0.29) is 16.7 Å². The molecule has 102 valence electrons. The average molecular weight is 300 g/mol. The van der Waals surface area contributed by atoms with E-state index in [0.29, 0.717) is 4.90 Å². The second kappa shape index (κ2) is 6.07. The molecule has 1 aromatic rings. The van der Waals surface area contributed by atoms with E-state index in [4.69, 9.17) is 5.11 Å². The van der Waals surface area contributed by atoms with Crippen LogP contribution in [0.25, 0.3) is 0 Å². The fourth-order valence-corrected chi connectivity index (χ4v) is 2.94. The number of carbonyl (C=O) groups excluding carboxylic acids is 2. The van der Waals surface area contributed by atoms with Crippen LogP contribution in [0.5, 0.6) is 0 Å². The Morgan fingerprint density at radius 3 is 2.74 bits per heavy atom. The zero-order chi connectivity index (χ0) is 13.8. The van der Waals surface area contributed by atoms with Crippen molar-refractivity contribution in [2.45, 2.75) is 23.8 Å². The molecule has 3 N–H and O–H groups in total. The van der Waals surface area contributed by atoms with Crippen molar-refractivity contribution in [3.05, 3.63) is 16.3 Å². The van der Waals surface area contributed by atoms with Crippen LogP contribution in [0.1, 0.15) is 22.5 Å². The lowest BCUT2D eigenvalue weighted by molar-refractivity contribution is -0.117. The van der Waals surface area contributed by atoms with Crippen molar-refractivity contribution >= 4 is 41.0 Å². The highest BCUT2D eigenvalue weighted by Crippen LogP contribution is 2.24. The molecule has 6 nitrogen and oxygen atoms in total. The van der Waals surface area contributed by atoms with Gasteiger partial charge in [-0.15, -0.1) is 23.1 Å². The van der Waals surface area contributed by atoms with E-state index < -0.39 is 17.9 Å². The molecule has 3 amide bonds. The second-order valence-electron chi connectivity index (χ2n) is 4.04. The summed E-state index contributed by atoms with van der Waals surface area (Å²) in [6.45, 7) is 0. The molecule has 1 aromatic heterocycles. The summed E-state index contributed by atoms with van der Waals surface area (Å²) in [5.74, 6) is -1.30. The number of nitrogens with one attached hydrogen (secondary N) is 2. The summed E-state index contributed by atoms with van der Waals surface area (Å²) >= 11 is 2.31. The molecule has 0 aliphatic heterocycles. The Kier molecular flexibility index (Phi) is 4.43. The smallest absolute Gasteiger partial charge is 0.345 e. The number of imide groups is 1. The minimum atomic E-state index is -0.981. The van der Waals surface area contributed by atoms with Crippen LogP contribution in [0.2, 0.25) is 0 Å². The molecule has 19 heavy (non-hydrogen) atoms. The number of thiophene rings is 1. The number of hydrogen-bond acceptors (Lipinski definition) is 5. The van der Waals surface area contributed by atoms with Gasteiger partial charge in [0.15, 0.2) is 0 Å². The molecule has 0 spiro atoms. The number of amides is 3. The van der Waals surface area contributed by atoms with Gasteiger partial charge >= 0.3 is 12.0 Å². The lowest BCUT2D eigenvalue weighted by atomic mass is 10.5. The van der Waals surface area contributed by atoms with Gasteiger partial charge in [0.2, 0.25) is 5.91 Å². The molecule has 0 bridgehead atoms. The molecule has 1 heterocycles. The van der Waals surface area contributed by atoms with Crippen LogP contribution in [-0.2, 0) is 4.79 Å². The van der Waals surface area contributed by atoms with Crippen LogP contribution in [0, 0.1) is 0 Å². The number of carboxylic acid groups (broad SMARTS) is 1. The highest BCUT2D eigenvalue weighted by molar-refractivity contribution is 8.00. The minimum Gasteiger partial charge on any atom is -0.477 e. The number of carboxylic acids is 1. The molecular formula is C11H12N2O4S2. The van der Waals surface area contributed by atoms with Gasteiger partial charge in [0.1, 0.15) is 4.88 Å². The number of carbonyl (C=O) groups is 3. The molecule has 0 saturated heterocycles. The monoisotopic (exact) mass is 300 g/mol. The Hall–Kier alpha value is -1.54. The molecule has 8 heteroatoms. The molecule has 0 atom stereocenters. The molecule has 2 rings (SSSR count). The standard InChI is InChI=1S/C11H12N2O4S2/c14-9(13-11(17)12-6-1-2-6)5-18-7-3-8(10(15)16)19-4-7/h3-4,6H,1-2,5H2,(H,15,16)(H2,12,13,14,17). The van der Waals surface area contributed by atoms with Crippen molar-refractivity contribution in [3.63, 3.8) is 0 Å². The third-order valence-corrected chi connectivity index (χ3v) is 4.36. The van der Waals surface area contributed by atoms with Gasteiger partial charge in [-0.3, -0.25) is 10.1 Å². The predicted octanol–water partition coefficient (Wildman–Crippen LogP) is 1.53. The van der Waals surface area contributed by atoms with E-state index >= 15 is 0 Å².